The van der Waals surface area contributed by atoms with Crippen molar-refractivity contribution in [2.24, 2.45) is 11.8 Å². The molecule has 1 aromatic rings. The molecule has 0 saturated heterocycles. The third-order valence-electron chi connectivity index (χ3n) is 3.72. The van der Waals surface area contributed by atoms with Crippen molar-refractivity contribution in [1.29, 1.82) is 5.26 Å². The zero-order valence-electron chi connectivity index (χ0n) is 10.3. The summed E-state index contributed by atoms with van der Waals surface area (Å²) in [5, 5.41) is 12.0. The van der Waals surface area contributed by atoms with Gasteiger partial charge in [-0.2, -0.15) is 5.26 Å². The van der Waals surface area contributed by atoms with Gasteiger partial charge in [0.25, 0.3) is 0 Å². The Labute approximate surface area is 102 Å². The van der Waals surface area contributed by atoms with Crippen LogP contribution in [0.3, 0.4) is 0 Å². The Morgan fingerprint density at radius 1 is 1.24 bits per heavy atom. The maximum Gasteiger partial charge on any atom is 0.158 e. The molecule has 1 saturated carbocycles. The molecule has 1 N–H and O–H groups in total. The third kappa shape index (κ3) is 2.94. The monoisotopic (exact) mass is 230 g/mol. The number of hydrogen-bond acceptors (Lipinski definition) is 4. The molecule has 1 heterocycles. The van der Waals surface area contributed by atoms with E-state index >= 15 is 0 Å². The molecular weight excluding hydrogens is 212 g/mol. The molecule has 4 nitrogen and oxygen atoms in total. The molecule has 0 radical (unpaired) electrons. The van der Waals surface area contributed by atoms with Gasteiger partial charge in [-0.15, -0.1) is 0 Å². The van der Waals surface area contributed by atoms with Crippen molar-refractivity contribution in [2.45, 2.75) is 39.2 Å². The molecule has 4 heteroatoms. The molecule has 1 fully saturated rings. The number of nitriles is 1. The Morgan fingerprint density at radius 2 is 2.06 bits per heavy atom. The summed E-state index contributed by atoms with van der Waals surface area (Å²) in [6.45, 7) is 4.63. The molecule has 17 heavy (non-hydrogen) atoms. The Balaban J connectivity index is 1.94. The molecule has 90 valence electrons. The summed E-state index contributed by atoms with van der Waals surface area (Å²) in [4.78, 5) is 8.20. The molecular formula is C13H18N4. The van der Waals surface area contributed by atoms with E-state index in [0.717, 1.165) is 17.7 Å². The van der Waals surface area contributed by atoms with Gasteiger partial charge >= 0.3 is 0 Å². The highest BCUT2D eigenvalue weighted by Gasteiger charge is 2.24. The van der Waals surface area contributed by atoms with E-state index in [0.29, 0.717) is 11.7 Å². The van der Waals surface area contributed by atoms with Crippen LogP contribution in [-0.2, 0) is 0 Å². The predicted octanol–water partition coefficient (Wildman–Crippen LogP) is 2.58. The lowest BCUT2D eigenvalue weighted by Crippen LogP contribution is -2.30. The summed E-state index contributed by atoms with van der Waals surface area (Å²) >= 11 is 0. The maximum atomic E-state index is 8.64. The van der Waals surface area contributed by atoms with E-state index in [2.05, 4.69) is 29.1 Å². The van der Waals surface area contributed by atoms with E-state index < -0.39 is 0 Å². The Hall–Kier alpha value is -1.63. The molecule has 3 unspecified atom stereocenters. The zero-order chi connectivity index (χ0) is 12.3. The predicted molar refractivity (Wildman–Crippen MR) is 66.3 cm³/mol. The standard InChI is InChI=1S/C13H18N4/c1-9-3-4-11(5-10(9)2)17-13-8-15-12(6-14)7-16-13/h7-11H,3-5H2,1-2H3,(H,16,17). The summed E-state index contributed by atoms with van der Waals surface area (Å²) in [7, 11) is 0. The van der Waals surface area contributed by atoms with Crippen molar-refractivity contribution >= 4 is 5.82 Å². The van der Waals surface area contributed by atoms with Gasteiger partial charge in [0.15, 0.2) is 5.69 Å². The fourth-order valence-electron chi connectivity index (χ4n) is 2.35. The van der Waals surface area contributed by atoms with E-state index in [1.165, 1.54) is 25.5 Å². The van der Waals surface area contributed by atoms with E-state index in [4.69, 9.17) is 5.26 Å². The van der Waals surface area contributed by atoms with Gasteiger partial charge < -0.3 is 5.32 Å². The number of rotatable bonds is 2. The van der Waals surface area contributed by atoms with Crippen LogP contribution in [0.1, 0.15) is 38.8 Å². The van der Waals surface area contributed by atoms with Crippen molar-refractivity contribution in [2.75, 3.05) is 5.32 Å². The van der Waals surface area contributed by atoms with Crippen LogP contribution >= 0.6 is 0 Å². The van der Waals surface area contributed by atoms with Crippen LogP contribution in [0, 0.1) is 23.2 Å². The quantitative estimate of drug-likeness (QED) is 0.848. The lowest BCUT2D eigenvalue weighted by Gasteiger charge is -2.32. The molecule has 0 aliphatic heterocycles. The first-order valence-electron chi connectivity index (χ1n) is 6.17. The highest BCUT2D eigenvalue weighted by molar-refractivity contribution is 5.34. The van der Waals surface area contributed by atoms with Crippen LogP contribution in [0.15, 0.2) is 12.4 Å². The van der Waals surface area contributed by atoms with Gasteiger partial charge in [0.05, 0.1) is 12.4 Å². The van der Waals surface area contributed by atoms with Crippen LogP contribution in [-0.4, -0.2) is 16.0 Å². The lowest BCUT2D eigenvalue weighted by molar-refractivity contribution is 0.260. The number of nitrogens with zero attached hydrogens (tertiary/aromatic N) is 3. The van der Waals surface area contributed by atoms with Gasteiger partial charge in [0.1, 0.15) is 11.9 Å². The zero-order valence-corrected chi connectivity index (χ0v) is 10.3. The minimum Gasteiger partial charge on any atom is -0.366 e. The van der Waals surface area contributed by atoms with Gasteiger partial charge in [-0.25, -0.2) is 9.97 Å². The van der Waals surface area contributed by atoms with Crippen LogP contribution in [0.4, 0.5) is 5.82 Å². The second-order valence-electron chi connectivity index (χ2n) is 5.01. The summed E-state index contributed by atoms with van der Waals surface area (Å²) in [5.41, 5.74) is 0.362. The van der Waals surface area contributed by atoms with Gasteiger partial charge in [-0.3, -0.25) is 0 Å². The Morgan fingerprint density at radius 3 is 2.65 bits per heavy atom. The Bertz CT molecular complexity index is 406. The van der Waals surface area contributed by atoms with Crippen LogP contribution < -0.4 is 5.32 Å². The minimum atomic E-state index is 0.362. The molecule has 0 spiro atoms. The van der Waals surface area contributed by atoms with Gasteiger partial charge in [0, 0.05) is 6.04 Å². The Kier molecular flexibility index (Phi) is 3.58. The summed E-state index contributed by atoms with van der Waals surface area (Å²) in [6.07, 6.45) is 6.79. The number of aromatic nitrogens is 2. The minimum absolute atomic E-state index is 0.362. The molecule has 0 amide bonds. The molecule has 3 atom stereocenters. The fraction of sp³-hybridized carbons (Fsp3) is 0.615. The first kappa shape index (κ1) is 11.8. The SMILES string of the molecule is CC1CCC(Nc2cnc(C#N)cn2)CC1C. The van der Waals surface area contributed by atoms with Crippen molar-refractivity contribution < 1.29 is 0 Å². The second kappa shape index (κ2) is 5.13. The molecule has 1 aliphatic rings. The van der Waals surface area contributed by atoms with Crippen molar-refractivity contribution in [1.82, 2.24) is 9.97 Å². The average molecular weight is 230 g/mol. The van der Waals surface area contributed by atoms with Crippen LogP contribution in [0.25, 0.3) is 0 Å². The number of anilines is 1. The highest BCUT2D eigenvalue weighted by atomic mass is 15.0. The number of nitrogens with one attached hydrogen (secondary N) is 1. The molecule has 0 aromatic carbocycles. The maximum absolute atomic E-state index is 8.64. The second-order valence-corrected chi connectivity index (χ2v) is 5.01. The first-order valence-corrected chi connectivity index (χ1v) is 6.17. The van der Waals surface area contributed by atoms with Crippen LogP contribution in [0.2, 0.25) is 0 Å². The molecule has 0 bridgehead atoms. The van der Waals surface area contributed by atoms with Crippen LogP contribution in [0.5, 0.6) is 0 Å². The largest absolute Gasteiger partial charge is 0.366 e. The molecule has 1 aromatic heterocycles. The molecule has 1 aliphatic carbocycles. The molecule has 2 rings (SSSR count). The average Bonchev–Trinajstić information content (AvgIpc) is 2.35. The van der Waals surface area contributed by atoms with Crippen molar-refractivity contribution in [3.8, 4) is 6.07 Å². The first-order chi connectivity index (χ1) is 8.19. The van der Waals surface area contributed by atoms with Gasteiger partial charge in [0.2, 0.25) is 0 Å². The van der Waals surface area contributed by atoms with E-state index in [1.807, 2.05) is 6.07 Å². The number of hydrogen-bond donors (Lipinski definition) is 1. The normalized spacial score (nSPS) is 28.4. The van der Waals surface area contributed by atoms with Crippen molar-refractivity contribution in [3.63, 3.8) is 0 Å². The summed E-state index contributed by atoms with van der Waals surface area (Å²) in [5.74, 6) is 2.35. The third-order valence-corrected chi connectivity index (χ3v) is 3.72. The fourth-order valence-corrected chi connectivity index (χ4v) is 2.35. The van der Waals surface area contributed by atoms with E-state index in [1.54, 1.807) is 6.20 Å². The van der Waals surface area contributed by atoms with Gasteiger partial charge in [-0.1, -0.05) is 13.8 Å². The summed E-state index contributed by atoms with van der Waals surface area (Å²) in [6, 6.07) is 2.46. The topological polar surface area (TPSA) is 61.6 Å². The van der Waals surface area contributed by atoms with E-state index in [-0.39, 0.29) is 0 Å². The van der Waals surface area contributed by atoms with E-state index in [9.17, 15) is 0 Å². The van der Waals surface area contributed by atoms with Crippen molar-refractivity contribution in [3.05, 3.63) is 18.1 Å². The summed E-state index contributed by atoms with van der Waals surface area (Å²) < 4.78 is 0. The smallest absolute Gasteiger partial charge is 0.158 e. The lowest BCUT2D eigenvalue weighted by atomic mass is 9.79. The highest BCUT2D eigenvalue weighted by Crippen LogP contribution is 2.30. The van der Waals surface area contributed by atoms with Gasteiger partial charge in [-0.05, 0) is 31.1 Å².